The Hall–Kier alpha value is -0.960. The largest absolute Gasteiger partial charge is 0.324 e. The van der Waals surface area contributed by atoms with Crippen molar-refractivity contribution in [3.05, 3.63) is 29.8 Å². The van der Waals surface area contributed by atoms with Crippen LogP contribution in [0.3, 0.4) is 0 Å². The zero-order chi connectivity index (χ0) is 11.5. The summed E-state index contributed by atoms with van der Waals surface area (Å²) in [6.45, 7) is 2.22. The van der Waals surface area contributed by atoms with E-state index in [1.807, 2.05) is 0 Å². The van der Waals surface area contributed by atoms with E-state index in [1.54, 1.807) is 6.20 Å². The van der Waals surface area contributed by atoms with Crippen molar-refractivity contribution in [2.75, 3.05) is 0 Å². The van der Waals surface area contributed by atoms with E-state index in [2.05, 4.69) is 11.9 Å². The van der Waals surface area contributed by atoms with Crippen LogP contribution >= 0.6 is 0 Å². The number of halogens is 1. The third-order valence-electron chi connectivity index (χ3n) is 3.78. The summed E-state index contributed by atoms with van der Waals surface area (Å²) >= 11 is 0. The molecule has 16 heavy (non-hydrogen) atoms. The second-order valence-corrected chi connectivity index (χ2v) is 4.81. The monoisotopic (exact) mass is 222 g/mol. The summed E-state index contributed by atoms with van der Waals surface area (Å²) in [4.78, 5) is 3.86. The highest BCUT2D eigenvalue weighted by molar-refractivity contribution is 5.16. The molecule has 1 heterocycles. The maximum atomic E-state index is 13.0. The van der Waals surface area contributed by atoms with Gasteiger partial charge in [-0.3, -0.25) is 4.98 Å². The second-order valence-electron chi connectivity index (χ2n) is 4.81. The zero-order valence-corrected chi connectivity index (χ0v) is 9.70. The minimum Gasteiger partial charge on any atom is -0.324 e. The first kappa shape index (κ1) is 11.5. The van der Waals surface area contributed by atoms with Gasteiger partial charge in [0.05, 0.1) is 6.20 Å². The summed E-state index contributed by atoms with van der Waals surface area (Å²) in [6, 6.07) is 1.46. The lowest BCUT2D eigenvalue weighted by Gasteiger charge is -2.19. The molecule has 1 saturated carbocycles. The van der Waals surface area contributed by atoms with Gasteiger partial charge in [0, 0.05) is 12.2 Å². The molecule has 0 bridgehead atoms. The number of hydrogen-bond acceptors (Lipinski definition) is 2. The number of nitrogens with two attached hydrogens (primary N) is 1. The van der Waals surface area contributed by atoms with Gasteiger partial charge in [-0.2, -0.15) is 0 Å². The van der Waals surface area contributed by atoms with Crippen molar-refractivity contribution in [2.45, 2.75) is 38.6 Å². The van der Waals surface area contributed by atoms with Crippen LogP contribution in [0, 0.1) is 17.7 Å². The van der Waals surface area contributed by atoms with Crippen LogP contribution in [0.1, 0.15) is 44.2 Å². The zero-order valence-electron chi connectivity index (χ0n) is 9.70. The Morgan fingerprint density at radius 1 is 1.50 bits per heavy atom. The highest BCUT2D eigenvalue weighted by Gasteiger charge is 2.28. The summed E-state index contributed by atoms with van der Waals surface area (Å²) in [5.74, 6) is 1.00. The molecule has 0 aliphatic heterocycles. The standard InChI is InChI=1S/C13H19FN2/c1-2-9-3-4-10(5-9)13(15)11-6-12(14)8-16-7-11/h6-10,13H,2-5,15H2,1H3. The van der Waals surface area contributed by atoms with Gasteiger partial charge in [-0.25, -0.2) is 4.39 Å². The number of rotatable bonds is 3. The average molecular weight is 222 g/mol. The van der Waals surface area contributed by atoms with Gasteiger partial charge in [0.2, 0.25) is 0 Å². The molecule has 1 aliphatic rings. The van der Waals surface area contributed by atoms with Crippen LogP contribution in [0.25, 0.3) is 0 Å². The Bertz CT molecular complexity index is 354. The lowest BCUT2D eigenvalue weighted by atomic mass is 9.92. The van der Waals surface area contributed by atoms with Gasteiger partial charge in [-0.1, -0.05) is 19.8 Å². The van der Waals surface area contributed by atoms with E-state index in [-0.39, 0.29) is 11.9 Å². The quantitative estimate of drug-likeness (QED) is 0.853. The van der Waals surface area contributed by atoms with Crippen LogP contribution in [0.2, 0.25) is 0 Å². The van der Waals surface area contributed by atoms with E-state index in [4.69, 9.17) is 5.73 Å². The van der Waals surface area contributed by atoms with E-state index in [0.29, 0.717) is 5.92 Å². The van der Waals surface area contributed by atoms with Gasteiger partial charge < -0.3 is 5.73 Å². The van der Waals surface area contributed by atoms with Crippen molar-refractivity contribution in [3.8, 4) is 0 Å². The number of pyridine rings is 1. The number of hydrogen-bond donors (Lipinski definition) is 1. The van der Waals surface area contributed by atoms with Crippen LogP contribution in [0.15, 0.2) is 18.5 Å². The first-order chi connectivity index (χ1) is 7.70. The Balaban J connectivity index is 2.05. The second kappa shape index (κ2) is 4.91. The Morgan fingerprint density at radius 3 is 2.94 bits per heavy atom. The minimum absolute atomic E-state index is 0.0558. The lowest BCUT2D eigenvalue weighted by Crippen LogP contribution is -2.19. The summed E-state index contributed by atoms with van der Waals surface area (Å²) in [5.41, 5.74) is 7.01. The molecule has 1 aliphatic carbocycles. The van der Waals surface area contributed by atoms with Crippen molar-refractivity contribution < 1.29 is 4.39 Å². The van der Waals surface area contributed by atoms with Crippen molar-refractivity contribution in [1.82, 2.24) is 4.98 Å². The number of nitrogens with zero attached hydrogens (tertiary/aromatic N) is 1. The van der Waals surface area contributed by atoms with Crippen molar-refractivity contribution in [3.63, 3.8) is 0 Å². The van der Waals surface area contributed by atoms with Crippen LogP contribution in [0.5, 0.6) is 0 Å². The molecule has 2 rings (SSSR count). The molecule has 3 atom stereocenters. The molecule has 88 valence electrons. The van der Waals surface area contributed by atoms with Gasteiger partial charge >= 0.3 is 0 Å². The molecule has 0 radical (unpaired) electrons. The molecular formula is C13H19FN2. The molecule has 0 amide bonds. The molecule has 1 fully saturated rings. The van der Waals surface area contributed by atoms with Gasteiger partial charge in [-0.15, -0.1) is 0 Å². The smallest absolute Gasteiger partial charge is 0.141 e. The molecule has 0 spiro atoms. The Morgan fingerprint density at radius 2 is 2.31 bits per heavy atom. The lowest BCUT2D eigenvalue weighted by molar-refractivity contribution is 0.414. The van der Waals surface area contributed by atoms with Gasteiger partial charge in [-0.05, 0) is 36.3 Å². The van der Waals surface area contributed by atoms with Crippen LogP contribution in [-0.2, 0) is 0 Å². The van der Waals surface area contributed by atoms with Gasteiger partial charge in [0.1, 0.15) is 5.82 Å². The van der Waals surface area contributed by atoms with Gasteiger partial charge in [0.15, 0.2) is 0 Å². The van der Waals surface area contributed by atoms with E-state index < -0.39 is 0 Å². The van der Waals surface area contributed by atoms with Crippen LogP contribution < -0.4 is 5.73 Å². The van der Waals surface area contributed by atoms with E-state index in [9.17, 15) is 4.39 Å². The summed E-state index contributed by atoms with van der Waals surface area (Å²) in [5, 5.41) is 0. The maximum Gasteiger partial charge on any atom is 0.141 e. The molecular weight excluding hydrogens is 203 g/mol. The first-order valence-corrected chi connectivity index (χ1v) is 6.06. The third kappa shape index (κ3) is 2.40. The Labute approximate surface area is 96.1 Å². The summed E-state index contributed by atoms with van der Waals surface area (Å²) < 4.78 is 13.0. The topological polar surface area (TPSA) is 38.9 Å². The van der Waals surface area contributed by atoms with Crippen molar-refractivity contribution in [1.29, 1.82) is 0 Å². The molecule has 0 saturated heterocycles. The van der Waals surface area contributed by atoms with Crippen LogP contribution in [0.4, 0.5) is 4.39 Å². The normalized spacial score (nSPS) is 26.9. The predicted octanol–water partition coefficient (Wildman–Crippen LogP) is 3.05. The van der Waals surface area contributed by atoms with E-state index in [1.165, 1.54) is 31.5 Å². The average Bonchev–Trinajstić information content (AvgIpc) is 2.76. The molecule has 1 aromatic heterocycles. The maximum absolute atomic E-state index is 13.0. The summed E-state index contributed by atoms with van der Waals surface area (Å²) in [7, 11) is 0. The van der Waals surface area contributed by atoms with E-state index >= 15 is 0 Å². The highest BCUT2D eigenvalue weighted by Crippen LogP contribution is 2.39. The summed E-state index contributed by atoms with van der Waals surface area (Å²) in [6.07, 6.45) is 7.74. The third-order valence-corrected chi connectivity index (χ3v) is 3.78. The molecule has 3 unspecified atom stereocenters. The highest BCUT2D eigenvalue weighted by atomic mass is 19.1. The fourth-order valence-corrected chi connectivity index (χ4v) is 2.69. The molecule has 1 aromatic rings. The van der Waals surface area contributed by atoms with Gasteiger partial charge in [0.25, 0.3) is 0 Å². The van der Waals surface area contributed by atoms with Crippen molar-refractivity contribution in [2.24, 2.45) is 17.6 Å². The molecule has 2 nitrogen and oxygen atoms in total. The minimum atomic E-state index is -0.294. The molecule has 2 N–H and O–H groups in total. The SMILES string of the molecule is CCC1CCC(C(N)c2cncc(F)c2)C1. The first-order valence-electron chi connectivity index (χ1n) is 6.06. The van der Waals surface area contributed by atoms with Crippen molar-refractivity contribution >= 4 is 0 Å². The fraction of sp³-hybridized carbons (Fsp3) is 0.615. The molecule has 3 heteroatoms. The molecule has 0 aromatic carbocycles. The predicted molar refractivity (Wildman–Crippen MR) is 62.2 cm³/mol. The fourth-order valence-electron chi connectivity index (χ4n) is 2.69. The van der Waals surface area contributed by atoms with Crippen LogP contribution in [-0.4, -0.2) is 4.98 Å². The van der Waals surface area contributed by atoms with E-state index in [0.717, 1.165) is 17.9 Å². The Kier molecular flexibility index (Phi) is 3.54. The number of aromatic nitrogens is 1.